The van der Waals surface area contributed by atoms with Gasteiger partial charge in [-0.2, -0.15) is 0 Å². The molecule has 0 aromatic rings. The van der Waals surface area contributed by atoms with Crippen molar-refractivity contribution in [3.63, 3.8) is 0 Å². The average Bonchev–Trinajstić information content (AvgIpc) is 2.45. The number of rotatable bonds is 6. The maximum absolute atomic E-state index is 9.92. The van der Waals surface area contributed by atoms with Crippen LogP contribution in [0.2, 0.25) is 0 Å². The Morgan fingerprint density at radius 1 is 0.474 bits per heavy atom. The van der Waals surface area contributed by atoms with Crippen LogP contribution in [-0.2, 0) is 57.6 Å². The van der Waals surface area contributed by atoms with E-state index in [4.69, 9.17) is 0 Å². The largest absolute Gasteiger partial charge is 0.318 e. The van der Waals surface area contributed by atoms with Gasteiger partial charge in [-0.25, -0.2) is 0 Å². The van der Waals surface area contributed by atoms with E-state index in [-0.39, 0.29) is 16.8 Å². The molecule has 0 atom stereocenters. The van der Waals surface area contributed by atoms with Gasteiger partial charge in [-0.05, 0) is 0 Å². The molecule has 0 bridgehead atoms. The fraction of sp³-hybridized carbons (Fsp3) is 1.00. The maximum Gasteiger partial charge on any atom is 0.318 e. The van der Waals surface area contributed by atoms with E-state index >= 15 is 0 Å². The van der Waals surface area contributed by atoms with Crippen LogP contribution in [0.25, 0.3) is 0 Å². The van der Waals surface area contributed by atoms with Crippen molar-refractivity contribution >= 4 is 24.8 Å². The van der Waals surface area contributed by atoms with Crippen LogP contribution >= 0.6 is 24.8 Å². The van der Waals surface area contributed by atoms with Crippen molar-refractivity contribution in [3.8, 4) is 0 Å². The second-order valence-corrected chi connectivity index (χ2v) is 5.92. The molecule has 0 saturated heterocycles. The van der Waals surface area contributed by atoms with Crippen molar-refractivity contribution in [3.05, 3.63) is 0 Å². The topological polar surface area (TPSA) is 107 Å². The Morgan fingerprint density at radius 2 is 0.579 bits per heavy atom. The third-order valence-electron chi connectivity index (χ3n) is 1.00. The SMILES string of the molecule is CO[PH](=O)OC.CO[PH](=O)OC.CO[PH](=O)OC.[Co]. The van der Waals surface area contributed by atoms with Gasteiger partial charge in [0.1, 0.15) is 0 Å². The molecule has 0 rings (SSSR count). The summed E-state index contributed by atoms with van der Waals surface area (Å²) < 4.78 is 55.1. The third-order valence-corrected chi connectivity index (χ3v) is 3.00. The van der Waals surface area contributed by atoms with Crippen LogP contribution in [0.5, 0.6) is 0 Å². The Morgan fingerprint density at radius 3 is 0.579 bits per heavy atom. The van der Waals surface area contributed by atoms with E-state index in [1.54, 1.807) is 0 Å². The molecule has 123 valence electrons. The molecule has 0 aromatic heterocycles. The van der Waals surface area contributed by atoms with Crippen molar-refractivity contribution in [2.24, 2.45) is 0 Å². The van der Waals surface area contributed by atoms with E-state index in [0.29, 0.717) is 0 Å². The van der Waals surface area contributed by atoms with Gasteiger partial charge in [0.25, 0.3) is 0 Å². The Labute approximate surface area is 125 Å². The van der Waals surface area contributed by atoms with Crippen LogP contribution in [0.1, 0.15) is 0 Å². The van der Waals surface area contributed by atoms with E-state index in [2.05, 4.69) is 27.1 Å². The second-order valence-electron chi connectivity index (χ2n) is 1.97. The fourth-order valence-electron chi connectivity index (χ4n) is 0.250. The van der Waals surface area contributed by atoms with E-state index in [0.717, 1.165) is 0 Å². The summed E-state index contributed by atoms with van der Waals surface area (Å²) in [6.07, 6.45) is 0. The number of hydrogen-bond donors (Lipinski definition) is 0. The molecule has 0 aliphatic heterocycles. The standard InChI is InChI=1S/3C2H7O3P.Co/c3*1-4-6(3)5-2;/h3*6H,1-2H3;. The Kier molecular flexibility index (Phi) is 35.6. The van der Waals surface area contributed by atoms with Crippen LogP contribution < -0.4 is 0 Å². The minimum absolute atomic E-state index is 0. The van der Waals surface area contributed by atoms with Gasteiger partial charge >= 0.3 is 24.8 Å². The zero-order valence-electron chi connectivity index (χ0n) is 11.5. The summed E-state index contributed by atoms with van der Waals surface area (Å²) in [5, 5.41) is 0. The molecule has 0 N–H and O–H groups in total. The first-order valence-corrected chi connectivity index (χ1v) is 7.96. The summed E-state index contributed by atoms with van der Waals surface area (Å²) in [6, 6.07) is 0. The smallest absolute Gasteiger partial charge is 0.314 e. The average molecular weight is 389 g/mol. The Bertz CT molecular complexity index is 184. The van der Waals surface area contributed by atoms with Crippen molar-refractivity contribution < 1.29 is 57.6 Å². The summed E-state index contributed by atoms with van der Waals surface area (Å²) in [7, 11) is 1.67. The van der Waals surface area contributed by atoms with Gasteiger partial charge in [0.2, 0.25) is 0 Å². The molecule has 0 heterocycles. The van der Waals surface area contributed by atoms with Gasteiger partial charge in [-0.3, -0.25) is 13.7 Å². The van der Waals surface area contributed by atoms with Gasteiger partial charge in [0.15, 0.2) is 0 Å². The van der Waals surface area contributed by atoms with Crippen molar-refractivity contribution in [2.45, 2.75) is 0 Å². The molecule has 9 nitrogen and oxygen atoms in total. The zero-order valence-corrected chi connectivity index (χ0v) is 15.5. The molecule has 0 amide bonds. The molecule has 0 aromatic carbocycles. The fourth-order valence-corrected chi connectivity index (χ4v) is 0.750. The summed E-state index contributed by atoms with van der Waals surface area (Å²) in [6.45, 7) is 0. The molecule has 1 radical (unpaired) electrons. The van der Waals surface area contributed by atoms with Crippen molar-refractivity contribution in [2.75, 3.05) is 42.7 Å². The molecular weight excluding hydrogens is 368 g/mol. The molecule has 0 aliphatic carbocycles. The van der Waals surface area contributed by atoms with Gasteiger partial charge in [-0.1, -0.05) is 0 Å². The Balaban J connectivity index is -0.0000000865. The van der Waals surface area contributed by atoms with E-state index in [1.807, 2.05) is 0 Å². The second kappa shape index (κ2) is 24.0. The molecule has 13 heteroatoms. The molecule has 0 fully saturated rings. The minimum Gasteiger partial charge on any atom is -0.314 e. The molecular formula is C6H21CoO9P3. The summed E-state index contributed by atoms with van der Waals surface area (Å²) in [4.78, 5) is 0. The molecule has 0 unspecified atom stereocenters. The Hall–Kier alpha value is 0.956. The van der Waals surface area contributed by atoms with Crippen molar-refractivity contribution in [1.82, 2.24) is 0 Å². The summed E-state index contributed by atoms with van der Waals surface area (Å²) in [5.41, 5.74) is 0. The maximum atomic E-state index is 9.92. The quantitative estimate of drug-likeness (QED) is 0.631. The normalized spacial score (nSPS) is 9.32. The van der Waals surface area contributed by atoms with Crippen LogP contribution in [0.3, 0.4) is 0 Å². The number of hydrogen-bond acceptors (Lipinski definition) is 9. The van der Waals surface area contributed by atoms with E-state index < -0.39 is 24.8 Å². The van der Waals surface area contributed by atoms with Gasteiger partial charge < -0.3 is 27.1 Å². The summed E-state index contributed by atoms with van der Waals surface area (Å²) in [5.74, 6) is 0. The first-order valence-electron chi connectivity index (χ1n) is 4.29. The minimum atomic E-state index is -2.12. The van der Waals surface area contributed by atoms with Crippen molar-refractivity contribution in [1.29, 1.82) is 0 Å². The van der Waals surface area contributed by atoms with E-state index in [1.165, 1.54) is 42.7 Å². The van der Waals surface area contributed by atoms with Gasteiger partial charge in [-0.15, -0.1) is 0 Å². The van der Waals surface area contributed by atoms with Gasteiger partial charge in [0, 0.05) is 59.4 Å². The monoisotopic (exact) mass is 389 g/mol. The zero-order chi connectivity index (χ0) is 15.0. The molecule has 0 spiro atoms. The van der Waals surface area contributed by atoms with Gasteiger partial charge in [0.05, 0.1) is 0 Å². The van der Waals surface area contributed by atoms with Crippen LogP contribution in [0, 0.1) is 0 Å². The first kappa shape index (κ1) is 28.2. The third kappa shape index (κ3) is 32.5. The predicted molar refractivity (Wildman–Crippen MR) is 69.1 cm³/mol. The predicted octanol–water partition coefficient (Wildman–Crippen LogP) is 2.00. The van der Waals surface area contributed by atoms with Crippen LogP contribution in [-0.4, -0.2) is 42.7 Å². The first-order chi connectivity index (χ1) is 8.42. The van der Waals surface area contributed by atoms with E-state index in [9.17, 15) is 13.7 Å². The molecule has 19 heavy (non-hydrogen) atoms. The van der Waals surface area contributed by atoms with Crippen LogP contribution in [0.4, 0.5) is 0 Å². The summed E-state index contributed by atoms with van der Waals surface area (Å²) >= 11 is 0. The van der Waals surface area contributed by atoms with Crippen LogP contribution in [0.15, 0.2) is 0 Å². The molecule has 0 saturated carbocycles. The molecule has 0 aliphatic rings.